The van der Waals surface area contributed by atoms with Gasteiger partial charge in [-0.2, -0.15) is 0 Å². The number of hydrogen-bond acceptors (Lipinski definition) is 2. The normalized spacial score (nSPS) is 12.6. The summed E-state index contributed by atoms with van der Waals surface area (Å²) in [6.07, 6.45) is 11.5. The van der Waals surface area contributed by atoms with Crippen LogP contribution < -0.4 is 5.32 Å². The second-order valence-corrected chi connectivity index (χ2v) is 5.11. The van der Waals surface area contributed by atoms with Crippen LogP contribution in [-0.2, 0) is 4.79 Å². The van der Waals surface area contributed by atoms with Crippen LogP contribution in [0.1, 0.15) is 78.1 Å². The summed E-state index contributed by atoms with van der Waals surface area (Å²) < 4.78 is 0. The van der Waals surface area contributed by atoms with Crippen molar-refractivity contribution in [3.63, 3.8) is 0 Å². The molecule has 1 unspecified atom stereocenters. The zero-order chi connectivity index (χ0) is 13.6. The van der Waals surface area contributed by atoms with Gasteiger partial charge in [-0.1, -0.05) is 65.2 Å². The third kappa shape index (κ3) is 10.6. The number of carbonyl (C=O) groups is 1. The van der Waals surface area contributed by atoms with Crippen molar-refractivity contribution in [3.05, 3.63) is 0 Å². The molecule has 108 valence electrons. The minimum Gasteiger partial charge on any atom is -0.480 e. The highest BCUT2D eigenvalue weighted by molar-refractivity contribution is 5.73. The highest BCUT2D eigenvalue weighted by Gasteiger charge is 2.15. The monoisotopic (exact) mass is 257 g/mol. The molecule has 0 aromatic heterocycles. The van der Waals surface area contributed by atoms with E-state index >= 15 is 0 Å². The van der Waals surface area contributed by atoms with E-state index < -0.39 is 5.97 Å². The first-order valence-electron chi connectivity index (χ1n) is 7.68. The Balaban J connectivity index is 3.54. The van der Waals surface area contributed by atoms with Gasteiger partial charge < -0.3 is 10.4 Å². The summed E-state index contributed by atoms with van der Waals surface area (Å²) in [7, 11) is 0. The van der Waals surface area contributed by atoms with Gasteiger partial charge >= 0.3 is 5.97 Å². The molecular formula is C15H31NO2. The Hall–Kier alpha value is -0.570. The molecule has 0 aliphatic heterocycles. The van der Waals surface area contributed by atoms with Gasteiger partial charge in [-0.3, -0.25) is 4.79 Å². The second-order valence-electron chi connectivity index (χ2n) is 5.11. The fourth-order valence-corrected chi connectivity index (χ4v) is 2.09. The van der Waals surface area contributed by atoms with Crippen molar-refractivity contribution in [1.29, 1.82) is 0 Å². The summed E-state index contributed by atoms with van der Waals surface area (Å²) in [4.78, 5) is 11.1. The van der Waals surface area contributed by atoms with E-state index in [9.17, 15) is 4.79 Å². The summed E-state index contributed by atoms with van der Waals surface area (Å²) in [5.41, 5.74) is 0. The van der Waals surface area contributed by atoms with Crippen LogP contribution in [-0.4, -0.2) is 23.7 Å². The first-order valence-corrected chi connectivity index (χ1v) is 7.68. The Morgan fingerprint density at radius 2 is 1.50 bits per heavy atom. The lowest BCUT2D eigenvalue weighted by molar-refractivity contribution is -0.139. The molecule has 0 amide bonds. The molecule has 0 radical (unpaired) electrons. The van der Waals surface area contributed by atoms with Crippen molar-refractivity contribution >= 4 is 5.97 Å². The third-order valence-electron chi connectivity index (χ3n) is 3.32. The average Bonchev–Trinajstić information content (AvgIpc) is 2.35. The lowest BCUT2D eigenvalue weighted by atomic mass is 10.1. The minimum atomic E-state index is -0.694. The minimum absolute atomic E-state index is 0.340. The highest BCUT2D eigenvalue weighted by Crippen LogP contribution is 2.09. The van der Waals surface area contributed by atoms with Crippen LogP contribution in [0.15, 0.2) is 0 Å². The van der Waals surface area contributed by atoms with Crippen molar-refractivity contribution in [3.8, 4) is 0 Å². The lowest BCUT2D eigenvalue weighted by Crippen LogP contribution is -2.37. The smallest absolute Gasteiger partial charge is 0.320 e. The van der Waals surface area contributed by atoms with E-state index in [0.717, 1.165) is 25.8 Å². The van der Waals surface area contributed by atoms with Gasteiger partial charge in [-0.05, 0) is 19.4 Å². The van der Waals surface area contributed by atoms with Crippen LogP contribution in [0.25, 0.3) is 0 Å². The van der Waals surface area contributed by atoms with Crippen LogP contribution in [0.3, 0.4) is 0 Å². The van der Waals surface area contributed by atoms with Crippen molar-refractivity contribution in [2.75, 3.05) is 6.54 Å². The van der Waals surface area contributed by atoms with E-state index in [1.54, 1.807) is 0 Å². The summed E-state index contributed by atoms with van der Waals surface area (Å²) in [6, 6.07) is -0.340. The first kappa shape index (κ1) is 17.4. The molecule has 0 aliphatic carbocycles. The quantitative estimate of drug-likeness (QED) is 0.491. The summed E-state index contributed by atoms with van der Waals surface area (Å²) in [5.74, 6) is -0.694. The third-order valence-corrected chi connectivity index (χ3v) is 3.32. The lowest BCUT2D eigenvalue weighted by Gasteiger charge is -2.14. The molecule has 3 nitrogen and oxygen atoms in total. The molecule has 0 fully saturated rings. The molecule has 0 saturated carbocycles. The van der Waals surface area contributed by atoms with E-state index in [-0.39, 0.29) is 6.04 Å². The molecule has 0 aliphatic rings. The molecule has 0 aromatic rings. The van der Waals surface area contributed by atoms with Crippen molar-refractivity contribution in [1.82, 2.24) is 5.32 Å². The number of hydrogen-bond donors (Lipinski definition) is 2. The summed E-state index contributed by atoms with van der Waals surface area (Å²) in [5, 5.41) is 12.3. The van der Waals surface area contributed by atoms with E-state index in [0.29, 0.717) is 0 Å². The maximum absolute atomic E-state index is 11.1. The van der Waals surface area contributed by atoms with Gasteiger partial charge in [0.2, 0.25) is 0 Å². The predicted molar refractivity (Wildman–Crippen MR) is 76.9 cm³/mol. The summed E-state index contributed by atoms with van der Waals surface area (Å²) in [6.45, 7) is 5.20. The van der Waals surface area contributed by atoms with E-state index in [4.69, 9.17) is 5.11 Å². The summed E-state index contributed by atoms with van der Waals surface area (Å²) >= 11 is 0. The van der Waals surface area contributed by atoms with Crippen molar-refractivity contribution in [2.45, 2.75) is 84.1 Å². The molecular weight excluding hydrogens is 226 g/mol. The van der Waals surface area contributed by atoms with Gasteiger partial charge in [-0.25, -0.2) is 0 Å². The fraction of sp³-hybridized carbons (Fsp3) is 0.933. The Bertz CT molecular complexity index is 195. The topological polar surface area (TPSA) is 49.3 Å². The van der Waals surface area contributed by atoms with Gasteiger partial charge in [-0.15, -0.1) is 0 Å². The van der Waals surface area contributed by atoms with Crippen LogP contribution in [0.4, 0.5) is 0 Å². The molecule has 1 atom stereocenters. The number of nitrogens with one attached hydrogen (secondary N) is 1. The number of unbranched alkanes of at least 4 members (excludes halogenated alkanes) is 7. The van der Waals surface area contributed by atoms with E-state index in [2.05, 4.69) is 19.2 Å². The Labute approximate surface area is 112 Å². The van der Waals surface area contributed by atoms with Crippen molar-refractivity contribution in [2.24, 2.45) is 0 Å². The predicted octanol–water partition coefficient (Wildman–Crippen LogP) is 3.97. The van der Waals surface area contributed by atoms with Gasteiger partial charge in [0.1, 0.15) is 6.04 Å². The Morgan fingerprint density at radius 1 is 0.944 bits per heavy atom. The van der Waals surface area contributed by atoms with Crippen molar-refractivity contribution < 1.29 is 9.90 Å². The van der Waals surface area contributed by atoms with Crippen LogP contribution >= 0.6 is 0 Å². The van der Waals surface area contributed by atoms with Crippen LogP contribution in [0.5, 0.6) is 0 Å². The Morgan fingerprint density at radius 3 is 2.11 bits per heavy atom. The molecule has 0 spiro atoms. The van der Waals surface area contributed by atoms with Gasteiger partial charge in [0.05, 0.1) is 0 Å². The number of carboxylic acids is 1. The molecule has 0 saturated heterocycles. The average molecular weight is 257 g/mol. The largest absolute Gasteiger partial charge is 0.480 e. The maximum atomic E-state index is 11.1. The molecule has 0 rings (SSSR count). The van der Waals surface area contributed by atoms with Crippen LogP contribution in [0, 0.1) is 0 Å². The maximum Gasteiger partial charge on any atom is 0.320 e. The standard InChI is InChI=1S/C15H31NO2/c1-3-5-7-8-9-10-12-14(15(17)18)16-13-11-6-4-2/h14,16H,3-13H2,1-2H3,(H,17,18). The molecule has 18 heavy (non-hydrogen) atoms. The highest BCUT2D eigenvalue weighted by atomic mass is 16.4. The second kappa shape index (κ2) is 12.9. The zero-order valence-electron chi connectivity index (χ0n) is 12.2. The van der Waals surface area contributed by atoms with Gasteiger partial charge in [0, 0.05) is 0 Å². The molecule has 2 N–H and O–H groups in total. The molecule has 0 bridgehead atoms. The number of aliphatic carboxylic acids is 1. The van der Waals surface area contributed by atoms with Gasteiger partial charge in [0.25, 0.3) is 0 Å². The first-order chi connectivity index (χ1) is 8.72. The molecule has 3 heteroatoms. The zero-order valence-corrected chi connectivity index (χ0v) is 12.2. The SMILES string of the molecule is CCCCCCCCC(NCCCCC)C(=O)O. The van der Waals surface area contributed by atoms with Gasteiger partial charge in [0.15, 0.2) is 0 Å². The molecule has 0 aromatic carbocycles. The van der Waals surface area contributed by atoms with E-state index in [1.807, 2.05) is 0 Å². The van der Waals surface area contributed by atoms with Crippen LogP contribution in [0.2, 0.25) is 0 Å². The molecule has 0 heterocycles. The number of rotatable bonds is 13. The fourth-order valence-electron chi connectivity index (χ4n) is 2.09. The Kier molecular flexibility index (Phi) is 12.5. The van der Waals surface area contributed by atoms with E-state index in [1.165, 1.54) is 44.9 Å². The number of carboxylic acid groups (broad SMARTS) is 1.